The fourth-order valence-corrected chi connectivity index (χ4v) is 0. The first kappa shape index (κ1) is 4.96. The van der Waals surface area contributed by atoms with E-state index in [4.69, 9.17) is 0 Å². The second-order valence-corrected chi connectivity index (χ2v) is 0.775. The molecule has 26 valence electrons. The third kappa shape index (κ3) is 2.96. The van der Waals surface area contributed by atoms with Crippen LogP contribution in [0.2, 0.25) is 0 Å². The van der Waals surface area contributed by atoms with Crippen LogP contribution in [0.5, 0.6) is 0 Å². The van der Waals surface area contributed by atoms with Gasteiger partial charge in [-0.3, -0.25) is 0 Å². The summed E-state index contributed by atoms with van der Waals surface area (Å²) < 4.78 is 7.90. The van der Waals surface area contributed by atoms with E-state index in [2.05, 4.69) is 7.94 Å². The molecule has 0 aliphatic carbocycles. The van der Waals surface area contributed by atoms with Gasteiger partial charge in [0, 0.05) is 0 Å². The fraction of sp³-hybridized carbons (Fsp3) is 0. The zero-order chi connectivity index (χ0) is 3.41. The first-order valence-electron chi connectivity index (χ1n) is 0.532. The molecule has 0 radical (unpaired) electrons. The summed E-state index contributed by atoms with van der Waals surface area (Å²) in [6.45, 7) is 0. The first-order chi connectivity index (χ1) is 1.91. The zero-order valence-corrected chi connectivity index (χ0v) is 5.46. The monoisotopic (exact) mass is 194 g/mol. The van der Waals surface area contributed by atoms with Gasteiger partial charge in [0.05, 0.1) is 0 Å². The number of hydrogen-bond donors (Lipinski definition) is 0. The topological polar surface area (TPSA) is 18.5 Å². The fourth-order valence-electron chi connectivity index (χ4n) is 0. The summed E-state index contributed by atoms with van der Waals surface area (Å²) in [6.07, 6.45) is 0. The second-order valence-electron chi connectivity index (χ2n) is 0.149. The van der Waals surface area contributed by atoms with Crippen LogP contribution < -0.4 is 0 Å². The molecule has 4 heteroatoms. The molecule has 0 saturated heterocycles. The van der Waals surface area contributed by atoms with E-state index in [1.165, 1.54) is 0 Å². The van der Waals surface area contributed by atoms with Crippen LogP contribution in [0.3, 0.4) is 0 Å². The van der Waals surface area contributed by atoms with E-state index in [1.807, 2.05) is 0 Å². The van der Waals surface area contributed by atoms with Gasteiger partial charge in [0.25, 0.3) is 0 Å². The summed E-state index contributed by atoms with van der Waals surface area (Å²) >= 11 is 3.60. The molecule has 2 nitrogen and oxygen atoms in total. The van der Waals surface area contributed by atoms with E-state index >= 15 is 0 Å². The Labute approximate surface area is 41.1 Å². The normalized spacial score (nSPS) is 7.50. The molecule has 0 aromatic carbocycles. The van der Waals surface area contributed by atoms with Gasteiger partial charge in [0.15, 0.2) is 0 Å². The molecule has 0 aromatic heterocycles. The van der Waals surface area contributed by atoms with Gasteiger partial charge >= 0.3 is 40.6 Å². The second kappa shape index (κ2) is 3.96. The molecule has 0 saturated carbocycles. The van der Waals surface area contributed by atoms with Crippen LogP contribution in [0.1, 0.15) is 0 Å². The summed E-state index contributed by atoms with van der Waals surface area (Å²) in [5.41, 5.74) is 0. The Balaban J connectivity index is 1.97. The predicted octanol–water partition coefficient (Wildman–Crippen LogP) is -1.43. The number of hydrogen-bond acceptors (Lipinski definition) is 2. The summed E-state index contributed by atoms with van der Waals surface area (Å²) in [6, 6.07) is 0. The van der Waals surface area contributed by atoms with Crippen LogP contribution in [-0.2, 0) is 7.94 Å². The van der Waals surface area contributed by atoms with Gasteiger partial charge in [-0.2, -0.15) is 0 Å². The molecule has 0 amide bonds. The third-order valence-electron chi connectivity index (χ3n) is 0.0333. The van der Waals surface area contributed by atoms with Gasteiger partial charge in [-0.25, -0.2) is 0 Å². The molecule has 0 aliphatic heterocycles. The molecule has 0 aromatic rings. The van der Waals surface area contributed by atoms with E-state index in [-0.39, 0.29) is 0 Å². The SMILES string of the molecule is [SeH]OO[SeH]. The van der Waals surface area contributed by atoms with Crippen molar-refractivity contribution in [1.82, 2.24) is 0 Å². The molecule has 0 atom stereocenters. The summed E-state index contributed by atoms with van der Waals surface area (Å²) in [7, 11) is 0. The zero-order valence-electron chi connectivity index (χ0n) is 1.71. The van der Waals surface area contributed by atoms with Gasteiger partial charge in [0.1, 0.15) is 0 Å². The Kier molecular flexibility index (Phi) is 4.91. The minimum atomic E-state index is 1.80. The summed E-state index contributed by atoms with van der Waals surface area (Å²) in [5.74, 6) is 0. The Morgan fingerprint density at radius 3 is 1.25 bits per heavy atom. The predicted molar refractivity (Wildman–Crippen MR) is 16.5 cm³/mol. The Morgan fingerprint density at radius 2 is 1.25 bits per heavy atom. The van der Waals surface area contributed by atoms with Crippen LogP contribution in [-0.4, -0.2) is 32.7 Å². The van der Waals surface area contributed by atoms with Crippen LogP contribution in [0.25, 0.3) is 0 Å². The van der Waals surface area contributed by atoms with Crippen molar-refractivity contribution in [2.75, 3.05) is 0 Å². The van der Waals surface area contributed by atoms with E-state index in [0.717, 1.165) is 0 Å². The van der Waals surface area contributed by atoms with E-state index in [9.17, 15) is 0 Å². The molecule has 0 fully saturated rings. The molecular weight excluding hydrogens is 190 g/mol. The molecule has 0 spiro atoms. The van der Waals surface area contributed by atoms with Crippen molar-refractivity contribution in [3.63, 3.8) is 0 Å². The van der Waals surface area contributed by atoms with Gasteiger partial charge in [0.2, 0.25) is 0 Å². The Bertz CT molecular complexity index is 6.00. The minimum absolute atomic E-state index is 1.80. The van der Waals surface area contributed by atoms with Crippen molar-refractivity contribution in [3.8, 4) is 0 Å². The maximum atomic E-state index is 3.95. The molecule has 4 heavy (non-hydrogen) atoms. The van der Waals surface area contributed by atoms with Crippen molar-refractivity contribution < 1.29 is 7.94 Å². The van der Waals surface area contributed by atoms with E-state index < -0.39 is 0 Å². The maximum absolute atomic E-state index is 3.95. The number of rotatable bonds is 1. The molecule has 0 N–H and O–H groups in total. The van der Waals surface area contributed by atoms with Crippen LogP contribution in [0, 0.1) is 0 Å². The molecular formula is H2O2Se2. The Morgan fingerprint density at radius 1 is 1.00 bits per heavy atom. The average molecular weight is 192 g/mol. The third-order valence-corrected chi connectivity index (χ3v) is 0.900. The van der Waals surface area contributed by atoms with Crippen molar-refractivity contribution in [2.45, 2.75) is 0 Å². The van der Waals surface area contributed by atoms with Crippen LogP contribution in [0.15, 0.2) is 0 Å². The summed E-state index contributed by atoms with van der Waals surface area (Å²) in [4.78, 5) is 0. The van der Waals surface area contributed by atoms with Crippen molar-refractivity contribution >= 4 is 32.7 Å². The van der Waals surface area contributed by atoms with Crippen molar-refractivity contribution in [1.29, 1.82) is 0 Å². The van der Waals surface area contributed by atoms with Crippen LogP contribution >= 0.6 is 0 Å². The molecule has 0 heterocycles. The van der Waals surface area contributed by atoms with E-state index in [0.29, 0.717) is 0 Å². The quantitative estimate of drug-likeness (QED) is 0.288. The van der Waals surface area contributed by atoms with E-state index in [1.54, 1.807) is 32.7 Å². The average Bonchev–Trinajstić information content (AvgIpc) is 1.37. The molecule has 0 rings (SSSR count). The van der Waals surface area contributed by atoms with Crippen molar-refractivity contribution in [3.05, 3.63) is 0 Å². The first-order valence-corrected chi connectivity index (χ1v) is 2.06. The standard InChI is InChI=1S/H2O2Se2/c3-1-2-4/h3-4H. The van der Waals surface area contributed by atoms with Crippen molar-refractivity contribution in [2.24, 2.45) is 0 Å². The molecule has 0 unspecified atom stereocenters. The van der Waals surface area contributed by atoms with Crippen LogP contribution in [0.4, 0.5) is 0 Å². The van der Waals surface area contributed by atoms with Gasteiger partial charge in [-0.1, -0.05) is 0 Å². The molecule has 0 aliphatic rings. The van der Waals surface area contributed by atoms with Gasteiger partial charge in [-0.05, 0) is 0 Å². The van der Waals surface area contributed by atoms with Gasteiger partial charge in [-0.15, -0.1) is 0 Å². The molecule has 0 bridgehead atoms. The Hall–Kier alpha value is 0.959. The summed E-state index contributed by atoms with van der Waals surface area (Å²) in [5, 5.41) is 0. The van der Waals surface area contributed by atoms with Gasteiger partial charge < -0.3 is 0 Å².